The lowest BCUT2D eigenvalue weighted by Crippen LogP contribution is -2.21. The van der Waals surface area contributed by atoms with E-state index in [0.29, 0.717) is 11.6 Å². The second-order valence-corrected chi connectivity index (χ2v) is 7.32. The topological polar surface area (TPSA) is 54.5 Å². The molecule has 0 saturated carbocycles. The SMILES string of the molecule is O=C(COc1ccc2ccccc2c1Br)Nc1ccc(N2CCCC2)cn1. The molecule has 2 heterocycles. The van der Waals surface area contributed by atoms with E-state index in [0.717, 1.165) is 34.0 Å². The summed E-state index contributed by atoms with van der Waals surface area (Å²) in [5.41, 5.74) is 1.10. The van der Waals surface area contributed by atoms with Crippen molar-refractivity contribution < 1.29 is 9.53 Å². The second kappa shape index (κ2) is 7.96. The Balaban J connectivity index is 1.36. The van der Waals surface area contributed by atoms with Gasteiger partial charge in [0.1, 0.15) is 11.6 Å². The fraction of sp³-hybridized carbons (Fsp3) is 0.238. The summed E-state index contributed by atoms with van der Waals surface area (Å²) in [4.78, 5) is 18.8. The van der Waals surface area contributed by atoms with Crippen LogP contribution in [0.3, 0.4) is 0 Å². The normalized spacial score (nSPS) is 13.7. The number of nitrogens with one attached hydrogen (secondary N) is 1. The molecule has 1 aromatic heterocycles. The molecule has 3 aromatic rings. The number of nitrogens with zero attached hydrogens (tertiary/aromatic N) is 2. The molecule has 27 heavy (non-hydrogen) atoms. The molecule has 0 unspecified atom stereocenters. The van der Waals surface area contributed by atoms with Gasteiger partial charge in [-0.1, -0.05) is 30.3 Å². The van der Waals surface area contributed by atoms with Crippen molar-refractivity contribution >= 4 is 44.1 Å². The van der Waals surface area contributed by atoms with Gasteiger partial charge < -0.3 is 15.0 Å². The highest BCUT2D eigenvalue weighted by Gasteiger charge is 2.13. The molecule has 0 aliphatic carbocycles. The number of carbonyl (C=O) groups excluding carboxylic acids is 1. The maximum atomic E-state index is 12.2. The van der Waals surface area contributed by atoms with Crippen molar-refractivity contribution in [3.63, 3.8) is 0 Å². The molecule has 6 heteroatoms. The fourth-order valence-corrected chi connectivity index (χ4v) is 3.88. The summed E-state index contributed by atoms with van der Waals surface area (Å²) in [6.07, 6.45) is 4.25. The van der Waals surface area contributed by atoms with Crippen molar-refractivity contribution in [3.05, 3.63) is 59.2 Å². The number of ether oxygens (including phenoxy) is 1. The Morgan fingerprint density at radius 1 is 1.11 bits per heavy atom. The zero-order chi connectivity index (χ0) is 18.6. The molecule has 5 nitrogen and oxygen atoms in total. The highest BCUT2D eigenvalue weighted by atomic mass is 79.9. The van der Waals surface area contributed by atoms with Gasteiger partial charge in [-0.2, -0.15) is 0 Å². The van der Waals surface area contributed by atoms with Gasteiger partial charge in [-0.25, -0.2) is 4.98 Å². The second-order valence-electron chi connectivity index (χ2n) is 6.53. The number of carbonyl (C=O) groups is 1. The first-order chi connectivity index (χ1) is 13.2. The Kier molecular flexibility index (Phi) is 5.25. The lowest BCUT2D eigenvalue weighted by atomic mass is 10.1. The molecule has 1 fully saturated rings. The van der Waals surface area contributed by atoms with Gasteiger partial charge in [0, 0.05) is 13.1 Å². The van der Waals surface area contributed by atoms with Crippen molar-refractivity contribution in [3.8, 4) is 5.75 Å². The van der Waals surface area contributed by atoms with Crippen LogP contribution in [0.15, 0.2) is 59.2 Å². The first kappa shape index (κ1) is 17.8. The highest BCUT2D eigenvalue weighted by molar-refractivity contribution is 9.10. The molecule has 0 atom stereocenters. The lowest BCUT2D eigenvalue weighted by molar-refractivity contribution is -0.118. The van der Waals surface area contributed by atoms with Gasteiger partial charge in [0.05, 0.1) is 16.4 Å². The molecule has 0 bridgehead atoms. The highest BCUT2D eigenvalue weighted by Crippen LogP contribution is 2.33. The largest absolute Gasteiger partial charge is 0.483 e. The molecule has 0 spiro atoms. The maximum Gasteiger partial charge on any atom is 0.263 e. The van der Waals surface area contributed by atoms with Crippen LogP contribution in [0.25, 0.3) is 10.8 Å². The van der Waals surface area contributed by atoms with E-state index in [1.807, 2.05) is 54.7 Å². The molecule has 4 rings (SSSR count). The van der Waals surface area contributed by atoms with Gasteiger partial charge in [-0.05, 0) is 57.7 Å². The Labute approximate surface area is 166 Å². The summed E-state index contributed by atoms with van der Waals surface area (Å²) in [5.74, 6) is 0.932. The monoisotopic (exact) mass is 425 g/mol. The third-order valence-electron chi connectivity index (χ3n) is 4.67. The molecule has 1 amide bonds. The first-order valence-corrected chi connectivity index (χ1v) is 9.81. The van der Waals surface area contributed by atoms with Gasteiger partial charge in [0.25, 0.3) is 5.91 Å². The van der Waals surface area contributed by atoms with E-state index in [4.69, 9.17) is 4.74 Å². The molecular weight excluding hydrogens is 406 g/mol. The number of pyridine rings is 1. The van der Waals surface area contributed by atoms with Crippen molar-refractivity contribution in [2.75, 3.05) is 29.9 Å². The van der Waals surface area contributed by atoms with E-state index in [1.54, 1.807) is 0 Å². The molecule has 138 valence electrons. The van der Waals surface area contributed by atoms with Crippen LogP contribution < -0.4 is 15.0 Å². The van der Waals surface area contributed by atoms with Crippen LogP contribution in [0.5, 0.6) is 5.75 Å². The summed E-state index contributed by atoms with van der Waals surface area (Å²) in [6.45, 7) is 2.07. The number of rotatable bonds is 5. The molecule has 1 aliphatic rings. The van der Waals surface area contributed by atoms with Crippen LogP contribution in [-0.4, -0.2) is 30.6 Å². The fourth-order valence-electron chi connectivity index (χ4n) is 3.27. The van der Waals surface area contributed by atoms with Crippen LogP contribution in [0.1, 0.15) is 12.8 Å². The standard InChI is InChI=1S/C21H20BrN3O2/c22-21-17-6-2-1-5-15(17)7-9-18(21)27-14-20(26)24-19-10-8-16(13-23-19)25-11-3-4-12-25/h1-2,5-10,13H,3-4,11-12,14H2,(H,23,24,26). The van der Waals surface area contributed by atoms with Crippen molar-refractivity contribution in [1.82, 2.24) is 4.98 Å². The van der Waals surface area contributed by atoms with Crippen LogP contribution in [0, 0.1) is 0 Å². The van der Waals surface area contributed by atoms with Gasteiger partial charge in [0.15, 0.2) is 6.61 Å². The number of benzene rings is 2. The minimum atomic E-state index is -0.239. The Morgan fingerprint density at radius 2 is 1.93 bits per heavy atom. The van der Waals surface area contributed by atoms with Gasteiger partial charge in [0.2, 0.25) is 0 Å². The summed E-state index contributed by atoms with van der Waals surface area (Å²) in [6, 6.07) is 15.7. The van der Waals surface area contributed by atoms with E-state index in [2.05, 4.69) is 31.1 Å². The Morgan fingerprint density at radius 3 is 2.70 bits per heavy atom. The number of hydrogen-bond donors (Lipinski definition) is 1. The summed E-state index contributed by atoms with van der Waals surface area (Å²) < 4.78 is 6.54. The van der Waals surface area contributed by atoms with Crippen LogP contribution in [0.2, 0.25) is 0 Å². The van der Waals surface area contributed by atoms with Gasteiger partial charge in [-0.3, -0.25) is 4.79 Å². The quantitative estimate of drug-likeness (QED) is 0.647. The number of fused-ring (bicyclic) bond motifs is 1. The minimum Gasteiger partial charge on any atom is -0.483 e. The number of amides is 1. The summed E-state index contributed by atoms with van der Waals surface area (Å²) in [5, 5.41) is 4.94. The van der Waals surface area contributed by atoms with Gasteiger partial charge in [-0.15, -0.1) is 0 Å². The Hall–Kier alpha value is -2.60. The van der Waals surface area contributed by atoms with E-state index in [9.17, 15) is 4.79 Å². The summed E-state index contributed by atoms with van der Waals surface area (Å²) >= 11 is 3.57. The van der Waals surface area contributed by atoms with Crippen LogP contribution in [-0.2, 0) is 4.79 Å². The lowest BCUT2D eigenvalue weighted by Gasteiger charge is -2.17. The maximum absolute atomic E-state index is 12.2. The average Bonchev–Trinajstić information content (AvgIpc) is 3.23. The molecule has 2 aromatic carbocycles. The number of aromatic nitrogens is 1. The Bertz CT molecular complexity index is 953. The van der Waals surface area contributed by atoms with E-state index in [-0.39, 0.29) is 12.5 Å². The van der Waals surface area contributed by atoms with Crippen molar-refractivity contribution in [2.45, 2.75) is 12.8 Å². The number of anilines is 2. The van der Waals surface area contributed by atoms with E-state index >= 15 is 0 Å². The molecular formula is C21H20BrN3O2. The molecule has 0 radical (unpaired) electrons. The number of halogens is 1. The van der Waals surface area contributed by atoms with E-state index in [1.165, 1.54) is 12.8 Å². The number of hydrogen-bond acceptors (Lipinski definition) is 4. The van der Waals surface area contributed by atoms with Crippen molar-refractivity contribution in [2.24, 2.45) is 0 Å². The summed E-state index contributed by atoms with van der Waals surface area (Å²) in [7, 11) is 0. The minimum absolute atomic E-state index is 0.0769. The molecule has 1 aliphatic heterocycles. The molecule has 1 saturated heterocycles. The van der Waals surface area contributed by atoms with Crippen LogP contribution >= 0.6 is 15.9 Å². The zero-order valence-electron chi connectivity index (χ0n) is 14.8. The zero-order valence-corrected chi connectivity index (χ0v) is 16.4. The third-order valence-corrected chi connectivity index (χ3v) is 5.49. The predicted octanol–water partition coefficient (Wildman–Crippen LogP) is 4.62. The smallest absolute Gasteiger partial charge is 0.263 e. The van der Waals surface area contributed by atoms with E-state index < -0.39 is 0 Å². The third kappa shape index (κ3) is 4.06. The van der Waals surface area contributed by atoms with Crippen LogP contribution in [0.4, 0.5) is 11.5 Å². The average molecular weight is 426 g/mol. The first-order valence-electron chi connectivity index (χ1n) is 9.01. The van der Waals surface area contributed by atoms with Gasteiger partial charge >= 0.3 is 0 Å². The molecule has 1 N–H and O–H groups in total. The van der Waals surface area contributed by atoms with Crippen molar-refractivity contribution in [1.29, 1.82) is 0 Å². The predicted molar refractivity (Wildman–Crippen MR) is 111 cm³/mol.